The van der Waals surface area contributed by atoms with E-state index >= 15 is 0 Å². The monoisotopic (exact) mass is 361 g/mol. The van der Waals surface area contributed by atoms with E-state index in [1.54, 1.807) is 37.4 Å². The van der Waals surface area contributed by atoms with Crippen LogP contribution in [0, 0.1) is 6.92 Å². The fraction of sp³-hybridized carbons (Fsp3) is 0.421. The second-order valence-corrected chi connectivity index (χ2v) is 8.24. The Hall–Kier alpha value is -2.08. The van der Waals surface area contributed by atoms with Crippen molar-refractivity contribution in [2.45, 2.75) is 50.3 Å². The maximum absolute atomic E-state index is 13.0. The van der Waals surface area contributed by atoms with E-state index in [0.29, 0.717) is 19.4 Å². The Balaban J connectivity index is 1.94. The summed E-state index contributed by atoms with van der Waals surface area (Å²) < 4.78 is 32.4. The van der Waals surface area contributed by atoms with E-state index < -0.39 is 10.0 Å². The summed E-state index contributed by atoms with van der Waals surface area (Å²) >= 11 is 0. The lowest BCUT2D eigenvalue weighted by atomic mass is 9.85. The summed E-state index contributed by atoms with van der Waals surface area (Å²) in [6.07, 6.45) is 4.36. The van der Waals surface area contributed by atoms with Gasteiger partial charge in [-0.3, -0.25) is 4.79 Å². The van der Waals surface area contributed by atoms with Crippen LogP contribution >= 0.6 is 0 Å². The fourth-order valence-corrected chi connectivity index (χ4v) is 4.86. The van der Waals surface area contributed by atoms with E-state index in [1.165, 1.54) is 3.97 Å². The number of hydrogen-bond acceptors (Lipinski definition) is 4. The van der Waals surface area contributed by atoms with Gasteiger partial charge in [-0.25, -0.2) is 12.4 Å². The van der Waals surface area contributed by atoms with Gasteiger partial charge in [-0.05, 0) is 62.8 Å². The summed E-state index contributed by atoms with van der Waals surface area (Å²) in [7, 11) is -3.62. The molecule has 0 saturated heterocycles. The molecule has 6 heteroatoms. The number of ether oxygens (including phenoxy) is 1. The van der Waals surface area contributed by atoms with E-state index in [4.69, 9.17) is 4.74 Å². The molecule has 3 rings (SSSR count). The molecule has 1 unspecified atom stereocenters. The van der Waals surface area contributed by atoms with Crippen molar-refractivity contribution < 1.29 is 17.9 Å². The lowest BCUT2D eigenvalue weighted by molar-refractivity contribution is -0.143. The third-order valence-electron chi connectivity index (χ3n) is 4.69. The molecule has 1 aliphatic rings. The maximum atomic E-state index is 13.0. The van der Waals surface area contributed by atoms with E-state index in [9.17, 15) is 13.2 Å². The molecule has 0 aliphatic heterocycles. The van der Waals surface area contributed by atoms with Crippen LogP contribution in [0.5, 0.6) is 0 Å². The second kappa shape index (κ2) is 7.04. The van der Waals surface area contributed by atoms with Gasteiger partial charge < -0.3 is 4.74 Å². The van der Waals surface area contributed by atoms with Crippen LogP contribution in [0.3, 0.4) is 0 Å². The van der Waals surface area contributed by atoms with Crippen molar-refractivity contribution >= 4 is 16.0 Å². The molecule has 0 saturated carbocycles. The molecule has 0 bridgehead atoms. The van der Waals surface area contributed by atoms with Crippen molar-refractivity contribution in [2.75, 3.05) is 6.61 Å². The average molecular weight is 361 g/mol. The van der Waals surface area contributed by atoms with Crippen LogP contribution < -0.4 is 0 Å². The smallest absolute Gasteiger partial charge is 0.306 e. The fourth-order valence-electron chi connectivity index (χ4n) is 3.44. The molecule has 0 spiro atoms. The first-order valence-corrected chi connectivity index (χ1v) is 10.1. The zero-order valence-electron chi connectivity index (χ0n) is 14.6. The second-order valence-electron chi connectivity index (χ2n) is 6.43. The van der Waals surface area contributed by atoms with Gasteiger partial charge in [-0.15, -0.1) is 0 Å². The Kier molecular flexibility index (Phi) is 4.99. The minimum absolute atomic E-state index is 0.0252. The van der Waals surface area contributed by atoms with E-state index in [1.807, 2.05) is 13.0 Å². The molecule has 1 atom stereocenters. The predicted octanol–water partition coefficient (Wildman–Crippen LogP) is 3.41. The van der Waals surface area contributed by atoms with Crippen molar-refractivity contribution in [2.24, 2.45) is 0 Å². The minimum atomic E-state index is -3.62. The number of aryl methyl sites for hydroxylation is 1. The number of esters is 1. The van der Waals surface area contributed by atoms with E-state index in [-0.39, 0.29) is 16.8 Å². The van der Waals surface area contributed by atoms with Crippen molar-refractivity contribution in [1.29, 1.82) is 0 Å². The molecule has 1 aromatic heterocycles. The highest BCUT2D eigenvalue weighted by atomic mass is 32.2. The Morgan fingerprint density at radius 1 is 1.24 bits per heavy atom. The highest BCUT2D eigenvalue weighted by Gasteiger charge is 2.29. The number of carbonyl (C=O) groups is 1. The molecule has 25 heavy (non-hydrogen) atoms. The third-order valence-corrected chi connectivity index (χ3v) is 6.42. The van der Waals surface area contributed by atoms with Crippen LogP contribution in [0.4, 0.5) is 0 Å². The van der Waals surface area contributed by atoms with Gasteiger partial charge in [0.15, 0.2) is 0 Å². The van der Waals surface area contributed by atoms with Crippen LogP contribution in [-0.4, -0.2) is 25.0 Å². The summed E-state index contributed by atoms with van der Waals surface area (Å²) in [6.45, 7) is 4.07. The number of fused-ring (bicyclic) bond motifs is 1. The molecule has 1 aromatic carbocycles. The van der Waals surface area contributed by atoms with E-state index in [2.05, 4.69) is 0 Å². The first-order chi connectivity index (χ1) is 11.9. The molecule has 0 N–H and O–H groups in total. The molecule has 0 radical (unpaired) electrons. The van der Waals surface area contributed by atoms with Crippen LogP contribution in [0.15, 0.2) is 41.4 Å². The number of aromatic nitrogens is 1. The minimum Gasteiger partial charge on any atom is -0.466 e. The summed E-state index contributed by atoms with van der Waals surface area (Å²) in [4.78, 5) is 12.1. The lowest BCUT2D eigenvalue weighted by Crippen LogP contribution is -2.20. The molecule has 134 valence electrons. The summed E-state index contributed by atoms with van der Waals surface area (Å²) in [6, 6.07) is 8.70. The van der Waals surface area contributed by atoms with Gasteiger partial charge in [0.2, 0.25) is 0 Å². The highest BCUT2D eigenvalue weighted by molar-refractivity contribution is 7.90. The maximum Gasteiger partial charge on any atom is 0.306 e. The topological polar surface area (TPSA) is 65.4 Å². The van der Waals surface area contributed by atoms with E-state index in [0.717, 1.165) is 29.7 Å². The van der Waals surface area contributed by atoms with Gasteiger partial charge in [-0.1, -0.05) is 17.7 Å². The first-order valence-electron chi connectivity index (χ1n) is 8.61. The van der Waals surface area contributed by atoms with Gasteiger partial charge in [0, 0.05) is 11.9 Å². The van der Waals surface area contributed by atoms with Crippen LogP contribution in [-0.2, 0) is 26.0 Å². The SMILES string of the molecule is CCOC(=O)CC1CCCc2c1ccn2S(=O)(=O)c1ccc(C)cc1. The molecule has 1 heterocycles. The van der Waals surface area contributed by atoms with Crippen LogP contribution in [0.25, 0.3) is 0 Å². The zero-order chi connectivity index (χ0) is 18.0. The van der Waals surface area contributed by atoms with Gasteiger partial charge in [0.25, 0.3) is 10.0 Å². The van der Waals surface area contributed by atoms with Crippen molar-refractivity contribution in [3.8, 4) is 0 Å². The van der Waals surface area contributed by atoms with Gasteiger partial charge in [-0.2, -0.15) is 0 Å². The molecule has 5 nitrogen and oxygen atoms in total. The van der Waals surface area contributed by atoms with Crippen LogP contribution in [0.2, 0.25) is 0 Å². The normalized spacial score (nSPS) is 17.1. The number of benzene rings is 1. The van der Waals surface area contributed by atoms with Gasteiger partial charge >= 0.3 is 5.97 Å². The third kappa shape index (κ3) is 3.49. The van der Waals surface area contributed by atoms with Crippen molar-refractivity contribution in [3.05, 3.63) is 53.3 Å². The molecule has 0 fully saturated rings. The number of rotatable bonds is 5. The Morgan fingerprint density at radius 2 is 1.96 bits per heavy atom. The lowest BCUT2D eigenvalue weighted by Gasteiger charge is -2.23. The molecular formula is C19H23NO4S. The predicted molar refractivity (Wildman–Crippen MR) is 95.1 cm³/mol. The average Bonchev–Trinajstić information content (AvgIpc) is 3.01. The molecular weight excluding hydrogens is 338 g/mol. The summed E-state index contributed by atoms with van der Waals surface area (Å²) in [5.74, 6) is -0.202. The molecule has 0 amide bonds. The zero-order valence-corrected chi connectivity index (χ0v) is 15.4. The number of carbonyl (C=O) groups excluding carboxylic acids is 1. The Bertz CT molecular complexity index is 865. The largest absolute Gasteiger partial charge is 0.466 e. The van der Waals surface area contributed by atoms with Crippen molar-refractivity contribution in [3.63, 3.8) is 0 Å². The quantitative estimate of drug-likeness (QED) is 0.766. The summed E-state index contributed by atoms with van der Waals surface area (Å²) in [5, 5.41) is 0. The number of hydrogen-bond donors (Lipinski definition) is 0. The van der Waals surface area contributed by atoms with Crippen LogP contribution in [0.1, 0.15) is 48.9 Å². The molecule has 2 aromatic rings. The number of nitrogens with zero attached hydrogens (tertiary/aromatic N) is 1. The molecule has 1 aliphatic carbocycles. The van der Waals surface area contributed by atoms with Gasteiger partial charge in [0.05, 0.1) is 17.9 Å². The summed E-state index contributed by atoms with van der Waals surface area (Å²) in [5.41, 5.74) is 2.76. The highest BCUT2D eigenvalue weighted by Crippen LogP contribution is 2.36. The van der Waals surface area contributed by atoms with Gasteiger partial charge in [0.1, 0.15) is 0 Å². The Morgan fingerprint density at radius 3 is 2.64 bits per heavy atom. The van der Waals surface area contributed by atoms with Crippen molar-refractivity contribution in [1.82, 2.24) is 3.97 Å². The Labute approximate surface area is 148 Å². The first kappa shape index (κ1) is 17.7. The standard InChI is InChI=1S/C19H23NO4S/c1-3-24-19(21)13-15-5-4-6-18-17(15)11-12-20(18)25(22,23)16-9-7-14(2)8-10-16/h7-12,15H,3-6,13H2,1-2H3.